The van der Waals surface area contributed by atoms with Gasteiger partial charge in [0.15, 0.2) is 0 Å². The molecular weight excluding hydrogens is 366 g/mol. The largest absolute Gasteiger partial charge is 0.321 e. The highest BCUT2D eigenvalue weighted by molar-refractivity contribution is 6.07. The molecule has 0 radical (unpaired) electrons. The van der Waals surface area contributed by atoms with Crippen LogP contribution in [0.5, 0.6) is 0 Å². The molecule has 3 rings (SSSR count). The predicted molar refractivity (Wildman–Crippen MR) is 97.7 cm³/mol. The van der Waals surface area contributed by atoms with Crippen LogP contribution in [0.25, 0.3) is 0 Å². The van der Waals surface area contributed by atoms with E-state index in [0.29, 0.717) is 17.3 Å². The van der Waals surface area contributed by atoms with Crippen LogP contribution < -0.4 is 10.6 Å². The van der Waals surface area contributed by atoms with Gasteiger partial charge in [-0.2, -0.15) is 5.26 Å². The second-order valence-electron chi connectivity index (χ2n) is 5.65. The number of nitriles is 1. The molecule has 0 bridgehead atoms. The van der Waals surface area contributed by atoms with Crippen molar-refractivity contribution in [2.45, 2.75) is 0 Å². The number of nitrogens with zero attached hydrogens (tertiary/aromatic N) is 2. The van der Waals surface area contributed by atoms with E-state index in [1.807, 2.05) is 6.07 Å². The van der Waals surface area contributed by atoms with Gasteiger partial charge in [0.25, 0.3) is 11.8 Å². The lowest BCUT2D eigenvalue weighted by Gasteiger charge is -2.08. The molecule has 0 spiro atoms. The van der Waals surface area contributed by atoms with E-state index in [9.17, 15) is 18.4 Å². The molecule has 0 saturated carbocycles. The van der Waals surface area contributed by atoms with E-state index in [-0.39, 0.29) is 16.9 Å². The van der Waals surface area contributed by atoms with Gasteiger partial charge >= 0.3 is 0 Å². The Labute approximate surface area is 158 Å². The molecule has 28 heavy (non-hydrogen) atoms. The number of hydrogen-bond acceptors (Lipinski definition) is 4. The zero-order chi connectivity index (χ0) is 20.1. The first-order valence-corrected chi connectivity index (χ1v) is 8.00. The quantitative estimate of drug-likeness (QED) is 0.723. The summed E-state index contributed by atoms with van der Waals surface area (Å²) < 4.78 is 26.6. The zero-order valence-electron chi connectivity index (χ0n) is 14.2. The van der Waals surface area contributed by atoms with E-state index >= 15 is 0 Å². The third kappa shape index (κ3) is 4.34. The molecule has 0 aliphatic heterocycles. The Morgan fingerprint density at radius 1 is 0.929 bits per heavy atom. The lowest BCUT2D eigenvalue weighted by Crippen LogP contribution is -2.17. The highest BCUT2D eigenvalue weighted by Gasteiger charge is 2.14. The Morgan fingerprint density at radius 2 is 1.68 bits per heavy atom. The number of halogens is 2. The molecule has 0 saturated heterocycles. The fraction of sp³-hybridized carbons (Fsp3) is 0. The van der Waals surface area contributed by atoms with Crippen molar-refractivity contribution < 1.29 is 18.4 Å². The van der Waals surface area contributed by atoms with E-state index in [1.54, 1.807) is 24.3 Å². The minimum atomic E-state index is -0.916. The first-order chi connectivity index (χ1) is 13.5. The second kappa shape index (κ2) is 8.05. The summed E-state index contributed by atoms with van der Waals surface area (Å²) in [4.78, 5) is 28.5. The fourth-order valence-corrected chi connectivity index (χ4v) is 2.30. The van der Waals surface area contributed by atoms with Crippen molar-refractivity contribution >= 4 is 23.2 Å². The zero-order valence-corrected chi connectivity index (χ0v) is 14.2. The molecule has 138 valence electrons. The summed E-state index contributed by atoms with van der Waals surface area (Å²) in [7, 11) is 0. The summed E-state index contributed by atoms with van der Waals surface area (Å²) in [6.45, 7) is 0. The third-order valence-electron chi connectivity index (χ3n) is 3.71. The molecule has 2 N–H and O–H groups in total. The number of nitrogens with one attached hydrogen (secondary N) is 2. The minimum Gasteiger partial charge on any atom is -0.321 e. The number of anilines is 2. The number of amides is 2. The Hall–Kier alpha value is -4.12. The van der Waals surface area contributed by atoms with Crippen LogP contribution in [0.3, 0.4) is 0 Å². The standard InChI is InChI=1S/C20H12F2N4O2/c21-14-3-6-17(16(22)10-14)26-19(27)13-7-8-24-18(9-13)20(28)25-15-4-1-12(11-23)2-5-15/h1-10H,(H,25,28)(H,26,27). The summed E-state index contributed by atoms with van der Waals surface area (Å²) in [6, 6.07) is 13.5. The van der Waals surface area contributed by atoms with Crippen molar-refractivity contribution in [1.29, 1.82) is 5.26 Å². The molecule has 0 unspecified atom stereocenters. The number of benzene rings is 2. The van der Waals surface area contributed by atoms with E-state index in [0.717, 1.165) is 12.1 Å². The molecular formula is C20H12F2N4O2. The maximum absolute atomic E-state index is 13.7. The number of rotatable bonds is 4. The van der Waals surface area contributed by atoms with Gasteiger partial charge in [0.2, 0.25) is 0 Å². The smallest absolute Gasteiger partial charge is 0.274 e. The van der Waals surface area contributed by atoms with Crippen molar-refractivity contribution in [3.63, 3.8) is 0 Å². The SMILES string of the molecule is N#Cc1ccc(NC(=O)c2cc(C(=O)Nc3ccc(F)cc3F)ccn2)cc1. The monoisotopic (exact) mass is 378 g/mol. The van der Waals surface area contributed by atoms with Crippen molar-refractivity contribution in [2.24, 2.45) is 0 Å². The maximum atomic E-state index is 13.7. The van der Waals surface area contributed by atoms with Crippen LogP contribution in [-0.2, 0) is 0 Å². The van der Waals surface area contributed by atoms with Gasteiger partial charge in [0, 0.05) is 23.5 Å². The van der Waals surface area contributed by atoms with E-state index < -0.39 is 23.4 Å². The van der Waals surface area contributed by atoms with Gasteiger partial charge in [-0.1, -0.05) is 0 Å². The Kier molecular flexibility index (Phi) is 5.37. The van der Waals surface area contributed by atoms with Gasteiger partial charge in [-0.05, 0) is 48.5 Å². The van der Waals surface area contributed by atoms with Crippen LogP contribution in [0, 0.1) is 23.0 Å². The normalized spacial score (nSPS) is 10.0. The van der Waals surface area contributed by atoms with Gasteiger partial charge in [-0.15, -0.1) is 0 Å². The van der Waals surface area contributed by atoms with Crippen molar-refractivity contribution in [3.05, 3.63) is 89.2 Å². The fourth-order valence-electron chi connectivity index (χ4n) is 2.30. The van der Waals surface area contributed by atoms with Gasteiger partial charge in [-0.3, -0.25) is 14.6 Å². The molecule has 0 atom stereocenters. The summed E-state index contributed by atoms with van der Waals surface area (Å²) in [5.74, 6) is -2.92. The van der Waals surface area contributed by atoms with Crippen LogP contribution in [0.4, 0.5) is 20.2 Å². The Bertz CT molecular complexity index is 1090. The van der Waals surface area contributed by atoms with E-state index in [4.69, 9.17) is 5.26 Å². The van der Waals surface area contributed by atoms with Crippen LogP contribution in [0.2, 0.25) is 0 Å². The van der Waals surface area contributed by atoms with Crippen LogP contribution >= 0.6 is 0 Å². The highest BCUT2D eigenvalue weighted by atomic mass is 19.1. The summed E-state index contributed by atoms with van der Waals surface area (Å²) in [6.07, 6.45) is 1.27. The van der Waals surface area contributed by atoms with Crippen LogP contribution in [-0.4, -0.2) is 16.8 Å². The van der Waals surface area contributed by atoms with Gasteiger partial charge in [-0.25, -0.2) is 8.78 Å². The lowest BCUT2D eigenvalue weighted by molar-refractivity contribution is 0.102. The number of aromatic nitrogens is 1. The molecule has 3 aromatic rings. The molecule has 6 nitrogen and oxygen atoms in total. The summed E-state index contributed by atoms with van der Waals surface area (Å²) in [5, 5.41) is 13.7. The van der Waals surface area contributed by atoms with Crippen molar-refractivity contribution in [3.8, 4) is 6.07 Å². The molecule has 2 aromatic carbocycles. The van der Waals surface area contributed by atoms with Crippen molar-refractivity contribution in [2.75, 3.05) is 10.6 Å². The second-order valence-corrected chi connectivity index (χ2v) is 5.65. The van der Waals surface area contributed by atoms with Crippen LogP contribution in [0.15, 0.2) is 60.8 Å². The molecule has 0 fully saturated rings. The highest BCUT2D eigenvalue weighted by Crippen LogP contribution is 2.17. The molecule has 0 aliphatic rings. The summed E-state index contributed by atoms with van der Waals surface area (Å²) in [5.41, 5.74) is 0.754. The minimum absolute atomic E-state index is 0.0309. The number of carbonyl (C=O) groups is 2. The third-order valence-corrected chi connectivity index (χ3v) is 3.71. The molecule has 0 aliphatic carbocycles. The average Bonchev–Trinajstić information content (AvgIpc) is 2.70. The number of pyridine rings is 1. The predicted octanol–water partition coefficient (Wildman–Crippen LogP) is 3.74. The molecule has 1 heterocycles. The molecule has 2 amide bonds. The van der Waals surface area contributed by atoms with E-state index in [1.165, 1.54) is 18.3 Å². The van der Waals surface area contributed by atoms with E-state index in [2.05, 4.69) is 15.6 Å². The van der Waals surface area contributed by atoms with Crippen molar-refractivity contribution in [1.82, 2.24) is 4.98 Å². The summed E-state index contributed by atoms with van der Waals surface area (Å²) >= 11 is 0. The first-order valence-electron chi connectivity index (χ1n) is 8.00. The van der Waals surface area contributed by atoms with Crippen LogP contribution in [0.1, 0.15) is 26.4 Å². The number of hydrogen-bond donors (Lipinski definition) is 2. The first kappa shape index (κ1) is 18.7. The Balaban J connectivity index is 1.74. The average molecular weight is 378 g/mol. The van der Waals surface area contributed by atoms with Gasteiger partial charge < -0.3 is 10.6 Å². The molecule has 8 heteroatoms. The lowest BCUT2D eigenvalue weighted by atomic mass is 10.2. The Morgan fingerprint density at radius 3 is 2.36 bits per heavy atom. The molecule has 1 aromatic heterocycles. The topological polar surface area (TPSA) is 94.9 Å². The maximum Gasteiger partial charge on any atom is 0.274 e. The van der Waals surface area contributed by atoms with Gasteiger partial charge in [0.1, 0.15) is 17.3 Å². The van der Waals surface area contributed by atoms with Gasteiger partial charge in [0.05, 0.1) is 17.3 Å². The number of carbonyl (C=O) groups excluding carboxylic acids is 2.